The highest BCUT2D eigenvalue weighted by molar-refractivity contribution is 6.36. The number of benzene rings is 1. The molecule has 1 amide bonds. The van der Waals surface area contributed by atoms with Gasteiger partial charge in [0, 0.05) is 48.7 Å². The fourth-order valence-corrected chi connectivity index (χ4v) is 4.02. The summed E-state index contributed by atoms with van der Waals surface area (Å²) in [6.45, 7) is 5.81. The molecule has 0 aromatic heterocycles. The van der Waals surface area contributed by atoms with Crippen LogP contribution < -0.4 is 0 Å². The van der Waals surface area contributed by atoms with Crippen molar-refractivity contribution in [2.45, 2.75) is 45.2 Å². The van der Waals surface area contributed by atoms with Crippen LogP contribution in [0.2, 0.25) is 10.0 Å². The second-order valence-corrected chi connectivity index (χ2v) is 7.20. The molecule has 1 aromatic carbocycles. The molecule has 0 atom stereocenters. The van der Waals surface area contributed by atoms with Crippen LogP contribution in [0.1, 0.15) is 36.8 Å². The lowest BCUT2D eigenvalue weighted by Crippen LogP contribution is -2.45. The average Bonchev–Trinajstić information content (AvgIpc) is 2.92. The molecule has 3 rings (SSSR count). The third kappa shape index (κ3) is 3.42. The van der Waals surface area contributed by atoms with Crippen LogP contribution in [0.5, 0.6) is 0 Å². The number of halogens is 2. The monoisotopic (exact) mass is 340 g/mol. The van der Waals surface area contributed by atoms with E-state index in [0.29, 0.717) is 11.9 Å². The van der Waals surface area contributed by atoms with Gasteiger partial charge < -0.3 is 4.90 Å². The van der Waals surface area contributed by atoms with Gasteiger partial charge in [-0.15, -0.1) is 0 Å². The van der Waals surface area contributed by atoms with E-state index in [1.165, 1.54) is 0 Å². The third-order valence-electron chi connectivity index (χ3n) is 4.85. The normalized spacial score (nSPS) is 20.9. The van der Waals surface area contributed by atoms with E-state index in [2.05, 4.69) is 9.80 Å². The second-order valence-electron chi connectivity index (χ2n) is 6.38. The van der Waals surface area contributed by atoms with Gasteiger partial charge in [-0.25, -0.2) is 0 Å². The summed E-state index contributed by atoms with van der Waals surface area (Å²) in [6.07, 6.45) is 3.90. The summed E-state index contributed by atoms with van der Waals surface area (Å²) in [5.41, 5.74) is 2.11. The van der Waals surface area contributed by atoms with E-state index in [1.54, 1.807) is 0 Å². The van der Waals surface area contributed by atoms with Crippen molar-refractivity contribution in [2.75, 3.05) is 19.6 Å². The van der Waals surface area contributed by atoms with Gasteiger partial charge in [0.1, 0.15) is 0 Å². The molecule has 1 aromatic rings. The van der Waals surface area contributed by atoms with Crippen molar-refractivity contribution in [1.82, 2.24) is 9.80 Å². The molecule has 0 aliphatic carbocycles. The van der Waals surface area contributed by atoms with E-state index in [9.17, 15) is 4.79 Å². The molecule has 22 heavy (non-hydrogen) atoms. The van der Waals surface area contributed by atoms with Gasteiger partial charge in [0.05, 0.1) is 0 Å². The van der Waals surface area contributed by atoms with E-state index in [0.717, 1.165) is 73.0 Å². The van der Waals surface area contributed by atoms with Gasteiger partial charge in [0.2, 0.25) is 5.91 Å². The van der Waals surface area contributed by atoms with Crippen LogP contribution in [-0.4, -0.2) is 41.4 Å². The first-order chi connectivity index (χ1) is 10.5. The zero-order valence-corrected chi connectivity index (χ0v) is 14.5. The minimum atomic E-state index is 0.343. The van der Waals surface area contributed by atoms with E-state index >= 15 is 0 Å². The van der Waals surface area contributed by atoms with Crippen LogP contribution in [0.4, 0.5) is 0 Å². The average molecular weight is 341 g/mol. The number of hydrogen-bond donors (Lipinski definition) is 0. The predicted molar refractivity (Wildman–Crippen MR) is 90.4 cm³/mol. The number of rotatable bonds is 3. The maximum atomic E-state index is 11.8. The van der Waals surface area contributed by atoms with Gasteiger partial charge in [-0.1, -0.05) is 23.2 Å². The summed E-state index contributed by atoms with van der Waals surface area (Å²) in [5, 5.41) is 1.47. The Balaban J connectivity index is 1.57. The lowest BCUT2D eigenvalue weighted by molar-refractivity contribution is -0.130. The van der Waals surface area contributed by atoms with Crippen molar-refractivity contribution >= 4 is 29.1 Å². The topological polar surface area (TPSA) is 23.6 Å². The van der Waals surface area contributed by atoms with Crippen molar-refractivity contribution in [3.05, 3.63) is 33.3 Å². The van der Waals surface area contributed by atoms with Gasteiger partial charge in [0.15, 0.2) is 0 Å². The zero-order valence-electron chi connectivity index (χ0n) is 12.9. The van der Waals surface area contributed by atoms with Crippen LogP contribution in [0, 0.1) is 6.92 Å². The molecule has 2 saturated heterocycles. The van der Waals surface area contributed by atoms with E-state index in [1.807, 2.05) is 19.1 Å². The van der Waals surface area contributed by atoms with Gasteiger partial charge >= 0.3 is 0 Å². The Morgan fingerprint density at radius 2 is 1.77 bits per heavy atom. The Labute approximate surface area is 142 Å². The van der Waals surface area contributed by atoms with Crippen LogP contribution in [0.25, 0.3) is 0 Å². The number of carbonyl (C=O) groups excluding carboxylic acids is 1. The molecule has 0 N–H and O–H groups in total. The quantitative estimate of drug-likeness (QED) is 0.833. The Bertz CT molecular complexity index is 545. The van der Waals surface area contributed by atoms with Crippen molar-refractivity contribution in [3.63, 3.8) is 0 Å². The standard InChI is InChI=1S/C17H22Cl2N2O/c1-12-15(18)9-13(10-16(12)19)11-20-7-4-14(5-8-20)21-6-2-3-17(21)22/h9-10,14H,2-8,11H2,1H3. The number of carbonyl (C=O) groups is 1. The van der Waals surface area contributed by atoms with Crippen LogP contribution in [-0.2, 0) is 11.3 Å². The maximum Gasteiger partial charge on any atom is 0.222 e. The Morgan fingerprint density at radius 1 is 1.14 bits per heavy atom. The van der Waals surface area contributed by atoms with E-state index in [4.69, 9.17) is 23.2 Å². The second kappa shape index (κ2) is 6.77. The van der Waals surface area contributed by atoms with Crippen molar-refractivity contribution in [1.29, 1.82) is 0 Å². The molecule has 0 bridgehead atoms. The van der Waals surface area contributed by atoms with E-state index in [-0.39, 0.29) is 0 Å². The van der Waals surface area contributed by atoms with Gasteiger partial charge in [0.25, 0.3) is 0 Å². The molecule has 3 nitrogen and oxygen atoms in total. The molecule has 0 saturated carbocycles. The largest absolute Gasteiger partial charge is 0.340 e. The minimum Gasteiger partial charge on any atom is -0.340 e. The Kier molecular flexibility index (Phi) is 4.96. The highest BCUT2D eigenvalue weighted by Gasteiger charge is 2.30. The molecule has 2 aliphatic heterocycles. The Hall–Kier alpha value is -0.770. The van der Waals surface area contributed by atoms with Crippen LogP contribution in [0.15, 0.2) is 12.1 Å². The van der Waals surface area contributed by atoms with Crippen LogP contribution >= 0.6 is 23.2 Å². The molecular weight excluding hydrogens is 319 g/mol. The van der Waals surface area contributed by atoms with Crippen molar-refractivity contribution < 1.29 is 4.79 Å². The zero-order chi connectivity index (χ0) is 15.7. The third-order valence-corrected chi connectivity index (χ3v) is 5.64. The summed E-state index contributed by atoms with van der Waals surface area (Å²) in [4.78, 5) is 16.4. The Morgan fingerprint density at radius 3 is 2.32 bits per heavy atom. The lowest BCUT2D eigenvalue weighted by Gasteiger charge is -2.36. The fraction of sp³-hybridized carbons (Fsp3) is 0.588. The van der Waals surface area contributed by atoms with Crippen molar-refractivity contribution in [2.24, 2.45) is 0 Å². The smallest absolute Gasteiger partial charge is 0.222 e. The molecule has 120 valence electrons. The highest BCUT2D eigenvalue weighted by atomic mass is 35.5. The predicted octanol–water partition coefficient (Wildman–Crippen LogP) is 3.89. The van der Waals surface area contributed by atoms with E-state index < -0.39 is 0 Å². The molecule has 2 fully saturated rings. The number of piperidine rings is 1. The first-order valence-electron chi connectivity index (χ1n) is 8.01. The highest BCUT2D eigenvalue weighted by Crippen LogP contribution is 2.27. The molecule has 0 unspecified atom stereocenters. The van der Waals surface area contributed by atoms with Crippen LogP contribution in [0.3, 0.4) is 0 Å². The molecule has 0 radical (unpaired) electrons. The number of hydrogen-bond acceptors (Lipinski definition) is 2. The summed E-state index contributed by atoms with van der Waals surface area (Å²) >= 11 is 12.4. The number of amides is 1. The summed E-state index contributed by atoms with van der Waals surface area (Å²) in [6, 6.07) is 4.47. The summed E-state index contributed by atoms with van der Waals surface area (Å²) in [7, 11) is 0. The van der Waals surface area contributed by atoms with Gasteiger partial charge in [-0.2, -0.15) is 0 Å². The maximum absolute atomic E-state index is 11.8. The lowest BCUT2D eigenvalue weighted by atomic mass is 10.0. The molecule has 0 spiro atoms. The summed E-state index contributed by atoms with van der Waals surface area (Å²) in [5.74, 6) is 0.343. The SMILES string of the molecule is Cc1c(Cl)cc(CN2CCC(N3CCCC3=O)CC2)cc1Cl. The number of likely N-dealkylation sites (tertiary alicyclic amines) is 2. The van der Waals surface area contributed by atoms with Gasteiger partial charge in [-0.05, 0) is 49.4 Å². The number of nitrogens with zero attached hydrogens (tertiary/aromatic N) is 2. The molecule has 5 heteroatoms. The molecule has 2 aliphatic rings. The first-order valence-corrected chi connectivity index (χ1v) is 8.76. The molecular formula is C17H22Cl2N2O. The molecule has 2 heterocycles. The fourth-order valence-electron chi connectivity index (χ4n) is 3.49. The first kappa shape index (κ1) is 16.1. The summed E-state index contributed by atoms with van der Waals surface area (Å²) < 4.78 is 0. The minimum absolute atomic E-state index is 0.343. The van der Waals surface area contributed by atoms with Crippen molar-refractivity contribution in [3.8, 4) is 0 Å². The van der Waals surface area contributed by atoms with Gasteiger partial charge in [-0.3, -0.25) is 9.69 Å².